The van der Waals surface area contributed by atoms with Crippen molar-refractivity contribution in [1.82, 2.24) is 14.5 Å². The van der Waals surface area contributed by atoms with Crippen LogP contribution in [-0.2, 0) is 16.1 Å². The summed E-state index contributed by atoms with van der Waals surface area (Å²) in [4.78, 5) is 34.8. The highest BCUT2D eigenvalue weighted by atomic mass is 32.1. The number of aromatic nitrogens is 2. The molecule has 9 nitrogen and oxygen atoms in total. The van der Waals surface area contributed by atoms with E-state index in [9.17, 15) is 9.59 Å². The molecule has 34 heavy (non-hydrogen) atoms. The number of ether oxygens (including phenoxy) is 2. The van der Waals surface area contributed by atoms with E-state index in [2.05, 4.69) is 4.90 Å². The molecule has 1 aliphatic rings. The molecule has 0 bridgehead atoms. The number of oxazole rings is 1. The predicted molar refractivity (Wildman–Crippen MR) is 131 cm³/mol. The summed E-state index contributed by atoms with van der Waals surface area (Å²) in [5.41, 5.74) is 2.85. The number of amides is 1. The standard InChI is InChI=1S/C24H26N4O5S/c1-16-7-8-19(31-2)21-22(16)34-23(25-21)27(10-9-26-11-13-32-14-12-26)20(29)15-28-17-5-3-4-6-18(17)33-24(28)30/h3-8H,9-15H2,1-2H3. The molecular weight excluding hydrogens is 456 g/mol. The lowest BCUT2D eigenvalue weighted by atomic mass is 10.2. The van der Waals surface area contributed by atoms with Gasteiger partial charge in [0.2, 0.25) is 5.91 Å². The van der Waals surface area contributed by atoms with Crippen molar-refractivity contribution in [3.63, 3.8) is 0 Å². The lowest BCUT2D eigenvalue weighted by Gasteiger charge is -2.29. The van der Waals surface area contributed by atoms with Gasteiger partial charge in [-0.15, -0.1) is 0 Å². The van der Waals surface area contributed by atoms with E-state index < -0.39 is 5.76 Å². The molecule has 1 saturated heterocycles. The maximum absolute atomic E-state index is 13.6. The van der Waals surface area contributed by atoms with Gasteiger partial charge in [0.25, 0.3) is 0 Å². The van der Waals surface area contributed by atoms with Crippen LogP contribution in [-0.4, -0.2) is 66.9 Å². The monoisotopic (exact) mass is 482 g/mol. The lowest BCUT2D eigenvalue weighted by molar-refractivity contribution is -0.119. The largest absolute Gasteiger partial charge is 0.494 e. The van der Waals surface area contributed by atoms with Crippen LogP contribution in [0.15, 0.2) is 45.6 Å². The quantitative estimate of drug-likeness (QED) is 0.400. The van der Waals surface area contributed by atoms with Gasteiger partial charge in [0, 0.05) is 26.2 Å². The maximum atomic E-state index is 13.6. The predicted octanol–water partition coefficient (Wildman–Crippen LogP) is 2.89. The Morgan fingerprint density at radius 3 is 2.79 bits per heavy atom. The molecule has 0 saturated carbocycles. The molecule has 10 heteroatoms. The highest BCUT2D eigenvalue weighted by Crippen LogP contribution is 2.36. The van der Waals surface area contributed by atoms with Gasteiger partial charge in [-0.2, -0.15) is 0 Å². The second-order valence-corrected chi connectivity index (χ2v) is 9.16. The van der Waals surface area contributed by atoms with E-state index in [4.69, 9.17) is 18.9 Å². The average molecular weight is 483 g/mol. The van der Waals surface area contributed by atoms with Crippen molar-refractivity contribution in [3.05, 3.63) is 52.5 Å². The summed E-state index contributed by atoms with van der Waals surface area (Å²) in [6, 6.07) is 11.0. The minimum Gasteiger partial charge on any atom is -0.494 e. The molecule has 1 aliphatic heterocycles. The van der Waals surface area contributed by atoms with Crippen molar-refractivity contribution >= 4 is 43.7 Å². The van der Waals surface area contributed by atoms with Crippen LogP contribution >= 0.6 is 11.3 Å². The minimum atomic E-state index is -0.551. The molecule has 5 rings (SSSR count). The molecule has 0 spiro atoms. The third-order valence-corrected chi connectivity index (χ3v) is 7.27. The number of carbonyl (C=O) groups excluding carboxylic acids is 1. The fourth-order valence-corrected chi connectivity index (χ4v) is 5.25. The third-order valence-electron chi connectivity index (χ3n) is 6.05. The van der Waals surface area contributed by atoms with Crippen molar-refractivity contribution in [2.75, 3.05) is 51.4 Å². The molecular formula is C24H26N4O5S. The molecule has 1 fully saturated rings. The number of anilines is 1. The Morgan fingerprint density at radius 2 is 2.00 bits per heavy atom. The number of nitrogens with zero attached hydrogens (tertiary/aromatic N) is 4. The first-order valence-electron chi connectivity index (χ1n) is 11.2. The van der Waals surface area contributed by atoms with E-state index in [-0.39, 0.29) is 12.5 Å². The number of thiazole rings is 1. The number of carbonyl (C=O) groups is 1. The van der Waals surface area contributed by atoms with E-state index in [0.717, 1.165) is 28.9 Å². The normalized spacial score (nSPS) is 14.6. The van der Waals surface area contributed by atoms with E-state index in [1.54, 1.807) is 30.2 Å². The molecule has 0 N–H and O–H groups in total. The molecule has 0 unspecified atom stereocenters. The van der Waals surface area contributed by atoms with E-state index in [1.165, 1.54) is 15.9 Å². The number of para-hydroxylation sites is 2. The Hall–Kier alpha value is -3.21. The van der Waals surface area contributed by atoms with E-state index in [1.807, 2.05) is 25.1 Å². The zero-order valence-electron chi connectivity index (χ0n) is 19.2. The first kappa shape index (κ1) is 22.6. The molecule has 2 aromatic heterocycles. The van der Waals surface area contributed by atoms with Gasteiger partial charge in [0.05, 0.1) is 30.5 Å². The Labute approximate surface area is 200 Å². The van der Waals surface area contributed by atoms with Gasteiger partial charge in [-0.25, -0.2) is 9.78 Å². The molecule has 4 aromatic rings. The molecule has 0 aliphatic carbocycles. The Kier molecular flexibility index (Phi) is 6.36. The Bertz CT molecular complexity index is 1390. The molecule has 0 atom stereocenters. The summed E-state index contributed by atoms with van der Waals surface area (Å²) in [5, 5.41) is 0.585. The number of morpholine rings is 1. The summed E-state index contributed by atoms with van der Waals surface area (Å²) in [6.07, 6.45) is 0. The SMILES string of the molecule is COc1ccc(C)c2sc(N(CCN3CCOCC3)C(=O)Cn3c(=O)oc4ccccc43)nc12. The smallest absolute Gasteiger partial charge is 0.420 e. The van der Waals surface area contributed by atoms with Crippen LogP contribution in [0, 0.1) is 6.92 Å². The van der Waals surface area contributed by atoms with Crippen LogP contribution in [0.25, 0.3) is 21.3 Å². The van der Waals surface area contributed by atoms with Crippen LogP contribution in [0.2, 0.25) is 0 Å². The van der Waals surface area contributed by atoms with Crippen LogP contribution in [0.4, 0.5) is 5.13 Å². The number of methoxy groups -OCH3 is 1. The molecule has 1 amide bonds. The van der Waals surface area contributed by atoms with E-state index >= 15 is 0 Å². The zero-order valence-corrected chi connectivity index (χ0v) is 20.0. The van der Waals surface area contributed by atoms with Gasteiger partial charge in [0.1, 0.15) is 17.8 Å². The zero-order chi connectivity index (χ0) is 23.7. The number of hydrogen-bond donors (Lipinski definition) is 0. The van der Waals surface area contributed by atoms with Crippen molar-refractivity contribution in [2.24, 2.45) is 0 Å². The number of rotatable bonds is 7. The molecule has 3 heterocycles. The highest BCUT2D eigenvalue weighted by molar-refractivity contribution is 7.22. The summed E-state index contributed by atoms with van der Waals surface area (Å²) in [6.45, 7) is 6.02. The number of aryl methyl sites for hydroxylation is 1. The van der Waals surface area contributed by atoms with Gasteiger partial charge in [-0.1, -0.05) is 29.5 Å². The first-order valence-corrected chi connectivity index (χ1v) is 12.0. The number of fused-ring (bicyclic) bond motifs is 2. The second kappa shape index (κ2) is 9.57. The second-order valence-electron chi connectivity index (χ2n) is 8.18. The van der Waals surface area contributed by atoms with E-state index in [0.29, 0.717) is 48.3 Å². The first-order chi connectivity index (χ1) is 16.5. The van der Waals surface area contributed by atoms with Crippen LogP contribution in [0.5, 0.6) is 5.75 Å². The minimum absolute atomic E-state index is 0.134. The highest BCUT2D eigenvalue weighted by Gasteiger charge is 2.24. The van der Waals surface area contributed by atoms with Gasteiger partial charge < -0.3 is 13.9 Å². The van der Waals surface area contributed by atoms with Crippen molar-refractivity contribution < 1.29 is 18.7 Å². The van der Waals surface area contributed by atoms with Crippen molar-refractivity contribution in [2.45, 2.75) is 13.5 Å². The molecule has 0 radical (unpaired) electrons. The van der Waals surface area contributed by atoms with Gasteiger partial charge >= 0.3 is 5.76 Å². The fourth-order valence-electron chi connectivity index (χ4n) is 4.16. The number of hydrogen-bond acceptors (Lipinski definition) is 8. The summed E-state index contributed by atoms with van der Waals surface area (Å²) < 4.78 is 18.6. The lowest BCUT2D eigenvalue weighted by Crippen LogP contribution is -2.44. The van der Waals surface area contributed by atoms with Crippen LogP contribution < -0.4 is 15.4 Å². The Morgan fingerprint density at radius 1 is 1.21 bits per heavy atom. The molecule has 178 valence electrons. The van der Waals surface area contributed by atoms with Crippen LogP contribution in [0.3, 0.4) is 0 Å². The van der Waals surface area contributed by atoms with Crippen molar-refractivity contribution in [3.8, 4) is 5.75 Å². The summed E-state index contributed by atoms with van der Waals surface area (Å²) >= 11 is 1.46. The van der Waals surface area contributed by atoms with Gasteiger partial charge in [-0.05, 0) is 30.7 Å². The fraction of sp³-hybridized carbons (Fsp3) is 0.375. The number of benzene rings is 2. The molecule has 2 aromatic carbocycles. The average Bonchev–Trinajstić information content (AvgIpc) is 3.42. The summed E-state index contributed by atoms with van der Waals surface area (Å²) in [5.74, 6) is -0.109. The topological polar surface area (TPSA) is 90.0 Å². The Balaban J connectivity index is 1.49. The van der Waals surface area contributed by atoms with Crippen molar-refractivity contribution in [1.29, 1.82) is 0 Å². The maximum Gasteiger partial charge on any atom is 0.420 e. The van der Waals surface area contributed by atoms with Gasteiger partial charge in [-0.3, -0.25) is 19.2 Å². The third kappa shape index (κ3) is 4.31. The summed E-state index contributed by atoms with van der Waals surface area (Å²) in [7, 11) is 1.61. The van der Waals surface area contributed by atoms with Crippen LogP contribution in [0.1, 0.15) is 5.56 Å². The van der Waals surface area contributed by atoms with Gasteiger partial charge in [0.15, 0.2) is 10.7 Å².